The second kappa shape index (κ2) is 13.4. The molecule has 0 heterocycles. The Kier molecular flexibility index (Phi) is 10.0. The summed E-state index contributed by atoms with van der Waals surface area (Å²) in [6, 6.07) is 23.4. The molecule has 3 aromatic carbocycles. The maximum atomic E-state index is 12.4. The van der Waals surface area contributed by atoms with Crippen LogP contribution in [0, 0.1) is 0 Å². The highest BCUT2D eigenvalue weighted by Crippen LogP contribution is 2.21. The van der Waals surface area contributed by atoms with E-state index in [2.05, 4.69) is 15.8 Å². The molecule has 0 radical (unpaired) electrons. The van der Waals surface area contributed by atoms with Gasteiger partial charge in [-0.25, -0.2) is 13.8 Å². The number of carbonyl (C=O) groups excluding carboxylic acids is 2. The predicted molar refractivity (Wildman–Crippen MR) is 149 cm³/mol. The van der Waals surface area contributed by atoms with E-state index in [1.54, 1.807) is 36.4 Å². The number of rotatable bonds is 12. The van der Waals surface area contributed by atoms with Gasteiger partial charge >= 0.3 is 0 Å². The van der Waals surface area contributed by atoms with E-state index in [9.17, 15) is 18.0 Å². The molecular formula is C28H32N4O5S. The minimum Gasteiger partial charge on any atom is -0.484 e. The number of hydrogen-bond acceptors (Lipinski definition) is 6. The molecule has 3 rings (SSSR count). The fourth-order valence-corrected chi connectivity index (χ4v) is 4.27. The summed E-state index contributed by atoms with van der Waals surface area (Å²) in [6.07, 6.45) is 2.48. The van der Waals surface area contributed by atoms with Gasteiger partial charge in [-0.15, -0.1) is 0 Å². The normalized spacial score (nSPS) is 11.4. The Morgan fingerprint density at radius 3 is 2.21 bits per heavy atom. The Morgan fingerprint density at radius 2 is 1.61 bits per heavy atom. The average molecular weight is 537 g/mol. The van der Waals surface area contributed by atoms with Crippen LogP contribution in [0.3, 0.4) is 0 Å². The molecule has 0 fully saturated rings. The van der Waals surface area contributed by atoms with E-state index >= 15 is 0 Å². The van der Waals surface area contributed by atoms with Crippen LogP contribution in [0.25, 0.3) is 0 Å². The van der Waals surface area contributed by atoms with Gasteiger partial charge in [0.2, 0.25) is 10.0 Å². The summed E-state index contributed by atoms with van der Waals surface area (Å²) in [5.41, 5.74) is 5.50. The molecule has 0 aliphatic heterocycles. The first-order valence-corrected chi connectivity index (χ1v) is 13.9. The van der Waals surface area contributed by atoms with Gasteiger partial charge in [0.15, 0.2) is 6.61 Å². The first kappa shape index (κ1) is 28.4. The number of hydrogen-bond donors (Lipinski definition) is 2. The zero-order chi connectivity index (χ0) is 27.5. The number of sulfonamides is 1. The summed E-state index contributed by atoms with van der Waals surface area (Å²) in [5.74, 6) is -0.00552. The molecule has 38 heavy (non-hydrogen) atoms. The lowest BCUT2D eigenvalue weighted by atomic mass is 10.0. The van der Waals surface area contributed by atoms with Gasteiger partial charge in [0.25, 0.3) is 11.8 Å². The third kappa shape index (κ3) is 9.04. The van der Waals surface area contributed by atoms with Crippen LogP contribution in [-0.4, -0.2) is 45.9 Å². The van der Waals surface area contributed by atoms with Crippen molar-refractivity contribution in [1.29, 1.82) is 0 Å². The van der Waals surface area contributed by atoms with Crippen LogP contribution < -0.4 is 19.8 Å². The first-order chi connectivity index (χ1) is 18.1. The van der Waals surface area contributed by atoms with Gasteiger partial charge in [-0.3, -0.25) is 13.9 Å². The van der Waals surface area contributed by atoms with E-state index in [0.29, 0.717) is 29.5 Å². The molecule has 0 bridgehead atoms. The second-order valence-electron chi connectivity index (χ2n) is 8.93. The molecule has 0 saturated carbocycles. The Balaban J connectivity index is 1.47. The molecule has 0 spiro atoms. The van der Waals surface area contributed by atoms with Gasteiger partial charge in [0.05, 0.1) is 18.2 Å². The number of ether oxygens (including phenoxy) is 1. The van der Waals surface area contributed by atoms with Gasteiger partial charge in [-0.2, -0.15) is 5.10 Å². The summed E-state index contributed by atoms with van der Waals surface area (Å²) < 4.78 is 31.1. The molecule has 9 nitrogen and oxygen atoms in total. The highest BCUT2D eigenvalue weighted by atomic mass is 32.2. The topological polar surface area (TPSA) is 117 Å². The van der Waals surface area contributed by atoms with Crippen molar-refractivity contribution in [3.05, 3.63) is 95.6 Å². The molecular weight excluding hydrogens is 504 g/mol. The van der Waals surface area contributed by atoms with E-state index < -0.39 is 22.5 Å². The van der Waals surface area contributed by atoms with Crippen LogP contribution >= 0.6 is 0 Å². The van der Waals surface area contributed by atoms with Crippen LogP contribution in [0.5, 0.6) is 5.75 Å². The lowest BCUT2D eigenvalue weighted by Gasteiger charge is -2.21. The number of carbonyl (C=O) groups is 2. The Morgan fingerprint density at radius 1 is 0.947 bits per heavy atom. The number of anilines is 1. The Hall–Kier alpha value is -4.18. The lowest BCUT2D eigenvalue weighted by molar-refractivity contribution is -0.123. The van der Waals surface area contributed by atoms with Gasteiger partial charge < -0.3 is 10.1 Å². The molecule has 0 unspecified atom stereocenters. The summed E-state index contributed by atoms with van der Waals surface area (Å²) in [5, 5.41) is 6.71. The SMILES string of the molecule is CC(C)c1ccc(N(CC(=O)N/N=C/c2ccc(OCC(=O)NCc3ccccc3)cc2)S(C)(=O)=O)cc1. The predicted octanol–water partition coefficient (Wildman–Crippen LogP) is 3.42. The largest absolute Gasteiger partial charge is 0.484 e. The second-order valence-corrected chi connectivity index (χ2v) is 10.8. The number of nitrogens with one attached hydrogen (secondary N) is 2. The van der Waals surface area contributed by atoms with Crippen molar-refractivity contribution in [2.75, 3.05) is 23.7 Å². The van der Waals surface area contributed by atoms with Crippen LogP contribution in [0.15, 0.2) is 84.0 Å². The van der Waals surface area contributed by atoms with E-state index in [1.807, 2.05) is 56.3 Å². The van der Waals surface area contributed by atoms with Gasteiger partial charge in [-0.1, -0.05) is 56.3 Å². The summed E-state index contributed by atoms with van der Waals surface area (Å²) in [7, 11) is -3.68. The highest BCUT2D eigenvalue weighted by molar-refractivity contribution is 7.92. The van der Waals surface area contributed by atoms with Gasteiger partial charge in [-0.05, 0) is 59.0 Å². The number of benzene rings is 3. The highest BCUT2D eigenvalue weighted by Gasteiger charge is 2.20. The molecule has 2 N–H and O–H groups in total. The summed E-state index contributed by atoms with van der Waals surface area (Å²) in [4.78, 5) is 24.4. The van der Waals surface area contributed by atoms with Crippen molar-refractivity contribution in [3.63, 3.8) is 0 Å². The number of nitrogens with zero attached hydrogens (tertiary/aromatic N) is 2. The standard InChI is InChI=1S/C28H32N4O5S/c1-21(2)24-11-13-25(14-12-24)32(38(3,35)36)19-27(33)31-30-18-23-9-15-26(16-10-23)37-20-28(34)29-17-22-7-5-4-6-8-22/h4-16,18,21H,17,19-20H2,1-3H3,(H,29,34)(H,31,33)/b30-18+. The monoisotopic (exact) mass is 536 g/mol. The third-order valence-electron chi connectivity index (χ3n) is 5.52. The zero-order valence-corrected chi connectivity index (χ0v) is 22.4. The smallest absolute Gasteiger partial charge is 0.260 e. The maximum absolute atomic E-state index is 12.4. The average Bonchev–Trinajstić information content (AvgIpc) is 2.90. The van der Waals surface area contributed by atoms with Crippen molar-refractivity contribution in [2.45, 2.75) is 26.3 Å². The van der Waals surface area contributed by atoms with Crippen LogP contribution in [0.2, 0.25) is 0 Å². The van der Waals surface area contributed by atoms with Gasteiger partial charge in [0, 0.05) is 6.54 Å². The lowest BCUT2D eigenvalue weighted by Crippen LogP contribution is -2.39. The molecule has 3 aromatic rings. The van der Waals surface area contributed by atoms with Crippen molar-refractivity contribution >= 4 is 33.7 Å². The van der Waals surface area contributed by atoms with E-state index in [4.69, 9.17) is 4.74 Å². The molecule has 0 saturated heterocycles. The van der Waals surface area contributed by atoms with Crippen molar-refractivity contribution in [2.24, 2.45) is 5.10 Å². The minimum atomic E-state index is -3.68. The Labute approximate surface area is 223 Å². The van der Waals surface area contributed by atoms with Crippen molar-refractivity contribution in [1.82, 2.24) is 10.7 Å². The van der Waals surface area contributed by atoms with Crippen LogP contribution in [0.4, 0.5) is 5.69 Å². The van der Waals surface area contributed by atoms with Crippen LogP contribution in [-0.2, 0) is 26.2 Å². The minimum absolute atomic E-state index is 0.118. The van der Waals surface area contributed by atoms with Crippen molar-refractivity contribution < 1.29 is 22.7 Å². The molecule has 0 atom stereocenters. The molecule has 200 valence electrons. The summed E-state index contributed by atoms with van der Waals surface area (Å²) in [6.45, 7) is 3.99. The number of hydrazone groups is 1. The summed E-state index contributed by atoms with van der Waals surface area (Å²) >= 11 is 0. The molecule has 0 aliphatic rings. The zero-order valence-electron chi connectivity index (χ0n) is 21.6. The van der Waals surface area contributed by atoms with Crippen LogP contribution in [0.1, 0.15) is 36.5 Å². The fraction of sp³-hybridized carbons (Fsp3) is 0.250. The molecule has 10 heteroatoms. The fourth-order valence-electron chi connectivity index (χ4n) is 3.42. The quantitative estimate of drug-likeness (QED) is 0.272. The van der Waals surface area contributed by atoms with Gasteiger partial charge in [0.1, 0.15) is 12.3 Å². The maximum Gasteiger partial charge on any atom is 0.260 e. The molecule has 0 aliphatic carbocycles. The van der Waals surface area contributed by atoms with Crippen molar-refractivity contribution in [3.8, 4) is 5.75 Å². The third-order valence-corrected chi connectivity index (χ3v) is 6.66. The molecule has 0 aromatic heterocycles. The van der Waals surface area contributed by atoms with E-state index in [-0.39, 0.29) is 12.5 Å². The first-order valence-electron chi connectivity index (χ1n) is 12.0. The van der Waals surface area contributed by atoms with E-state index in [1.165, 1.54) is 6.21 Å². The molecule has 2 amide bonds. The Bertz CT molecular complexity index is 1340. The number of amides is 2. The van der Waals surface area contributed by atoms with E-state index in [0.717, 1.165) is 21.7 Å².